The van der Waals surface area contributed by atoms with Gasteiger partial charge >= 0.3 is 0 Å². The second-order valence-electron chi connectivity index (χ2n) is 5.39. The predicted molar refractivity (Wildman–Crippen MR) is 78.2 cm³/mol. The zero-order valence-corrected chi connectivity index (χ0v) is 12.7. The first-order valence-electron chi connectivity index (χ1n) is 6.41. The summed E-state index contributed by atoms with van der Waals surface area (Å²) in [7, 11) is 0. The molecule has 3 nitrogen and oxygen atoms in total. The summed E-state index contributed by atoms with van der Waals surface area (Å²) < 4.78 is 6.82. The Bertz CT molecular complexity index is 395. The average Bonchev–Trinajstić information content (AvgIpc) is 2.28. The number of ether oxygens (including phenoxy) is 1. The van der Waals surface area contributed by atoms with Crippen LogP contribution < -0.4 is 10.1 Å². The van der Waals surface area contributed by atoms with Crippen LogP contribution in [0.5, 0.6) is 5.75 Å². The zero-order chi connectivity index (χ0) is 13.0. The van der Waals surface area contributed by atoms with Crippen molar-refractivity contribution in [3.63, 3.8) is 0 Å². The Morgan fingerprint density at radius 1 is 1.44 bits per heavy atom. The van der Waals surface area contributed by atoms with Crippen molar-refractivity contribution in [1.29, 1.82) is 0 Å². The number of nitrogens with zero attached hydrogens (tertiary/aromatic N) is 1. The first-order chi connectivity index (χ1) is 8.55. The molecule has 0 unspecified atom stereocenters. The van der Waals surface area contributed by atoms with Crippen molar-refractivity contribution in [2.24, 2.45) is 0 Å². The van der Waals surface area contributed by atoms with E-state index in [0.29, 0.717) is 0 Å². The molecule has 1 aromatic carbocycles. The van der Waals surface area contributed by atoms with E-state index in [1.165, 1.54) is 0 Å². The molecular formula is C14H21BrN2O. The molecule has 1 N–H and O–H groups in total. The van der Waals surface area contributed by atoms with Gasteiger partial charge in [-0.05, 0) is 32.0 Å². The van der Waals surface area contributed by atoms with Gasteiger partial charge in [-0.15, -0.1) is 0 Å². The molecule has 2 rings (SSSR count). The van der Waals surface area contributed by atoms with Crippen LogP contribution in [0.25, 0.3) is 0 Å². The third-order valence-corrected chi connectivity index (χ3v) is 3.62. The first kappa shape index (κ1) is 13.8. The van der Waals surface area contributed by atoms with Crippen LogP contribution in [-0.2, 0) is 0 Å². The van der Waals surface area contributed by atoms with Crippen LogP contribution in [0.3, 0.4) is 0 Å². The van der Waals surface area contributed by atoms with Gasteiger partial charge in [0, 0.05) is 36.2 Å². The molecule has 0 atom stereocenters. The number of halogens is 1. The minimum atomic E-state index is 0.216. The fourth-order valence-electron chi connectivity index (χ4n) is 2.29. The zero-order valence-electron chi connectivity index (χ0n) is 11.1. The highest BCUT2D eigenvalue weighted by Gasteiger charge is 2.25. The van der Waals surface area contributed by atoms with Crippen LogP contribution in [-0.4, -0.2) is 43.2 Å². The maximum atomic E-state index is 5.77. The van der Waals surface area contributed by atoms with Gasteiger partial charge < -0.3 is 10.1 Å². The largest absolute Gasteiger partial charge is 0.492 e. The maximum Gasteiger partial charge on any atom is 0.120 e. The Balaban J connectivity index is 1.75. The molecular weight excluding hydrogens is 292 g/mol. The van der Waals surface area contributed by atoms with E-state index in [1.807, 2.05) is 24.3 Å². The molecule has 0 saturated carbocycles. The summed E-state index contributed by atoms with van der Waals surface area (Å²) in [5.41, 5.74) is 0.216. The van der Waals surface area contributed by atoms with Gasteiger partial charge in [-0.3, -0.25) is 4.90 Å². The molecule has 4 heteroatoms. The fraction of sp³-hybridized carbons (Fsp3) is 0.571. The van der Waals surface area contributed by atoms with E-state index in [1.54, 1.807) is 0 Å². The number of piperazine rings is 1. The lowest BCUT2D eigenvalue weighted by Crippen LogP contribution is -2.57. The quantitative estimate of drug-likeness (QED) is 0.924. The molecule has 1 heterocycles. The van der Waals surface area contributed by atoms with E-state index in [-0.39, 0.29) is 5.54 Å². The lowest BCUT2D eigenvalue weighted by molar-refractivity contribution is 0.133. The number of benzene rings is 1. The van der Waals surface area contributed by atoms with Crippen molar-refractivity contribution >= 4 is 15.9 Å². The van der Waals surface area contributed by atoms with Crippen molar-refractivity contribution in [1.82, 2.24) is 10.2 Å². The monoisotopic (exact) mass is 312 g/mol. The molecule has 0 amide bonds. The average molecular weight is 313 g/mol. The highest BCUT2D eigenvalue weighted by Crippen LogP contribution is 2.17. The van der Waals surface area contributed by atoms with Crippen LogP contribution >= 0.6 is 15.9 Å². The summed E-state index contributed by atoms with van der Waals surface area (Å²) in [5.74, 6) is 0.929. The molecule has 1 saturated heterocycles. The molecule has 0 spiro atoms. The van der Waals surface area contributed by atoms with Crippen LogP contribution in [0, 0.1) is 0 Å². The van der Waals surface area contributed by atoms with Crippen LogP contribution in [0.4, 0.5) is 0 Å². The number of rotatable bonds is 4. The minimum Gasteiger partial charge on any atom is -0.492 e. The van der Waals surface area contributed by atoms with Crippen molar-refractivity contribution in [2.75, 3.05) is 32.8 Å². The molecule has 0 radical (unpaired) electrons. The number of hydrogen-bond donors (Lipinski definition) is 1. The van der Waals surface area contributed by atoms with Gasteiger partial charge in [0.1, 0.15) is 12.4 Å². The van der Waals surface area contributed by atoms with E-state index in [9.17, 15) is 0 Å². The number of hydrogen-bond acceptors (Lipinski definition) is 3. The van der Waals surface area contributed by atoms with Crippen LogP contribution in [0.2, 0.25) is 0 Å². The Kier molecular flexibility index (Phi) is 4.65. The molecule has 0 bridgehead atoms. The van der Waals surface area contributed by atoms with E-state index < -0.39 is 0 Å². The van der Waals surface area contributed by atoms with Crippen molar-refractivity contribution in [3.8, 4) is 5.75 Å². The number of nitrogens with one attached hydrogen (secondary N) is 1. The van der Waals surface area contributed by atoms with Gasteiger partial charge in [0.25, 0.3) is 0 Å². The van der Waals surface area contributed by atoms with Gasteiger partial charge in [-0.2, -0.15) is 0 Å². The van der Waals surface area contributed by atoms with Gasteiger partial charge in [-0.1, -0.05) is 22.0 Å². The molecule has 1 aromatic rings. The van der Waals surface area contributed by atoms with E-state index in [0.717, 1.165) is 43.0 Å². The lowest BCUT2D eigenvalue weighted by atomic mass is 10.0. The third kappa shape index (κ3) is 4.26. The lowest BCUT2D eigenvalue weighted by Gasteiger charge is -2.39. The highest BCUT2D eigenvalue weighted by molar-refractivity contribution is 9.10. The van der Waals surface area contributed by atoms with E-state index in [4.69, 9.17) is 4.74 Å². The predicted octanol–water partition coefficient (Wildman–Crippen LogP) is 2.51. The SMILES string of the molecule is CC1(C)CN(CCOc2cccc(Br)c2)CCN1. The summed E-state index contributed by atoms with van der Waals surface area (Å²) in [5, 5.41) is 3.52. The molecule has 0 aromatic heterocycles. The van der Waals surface area contributed by atoms with Gasteiger partial charge in [0.2, 0.25) is 0 Å². The topological polar surface area (TPSA) is 24.5 Å². The summed E-state index contributed by atoms with van der Waals surface area (Å²) in [6.45, 7) is 9.46. The molecule has 1 aliphatic heterocycles. The third-order valence-electron chi connectivity index (χ3n) is 3.12. The highest BCUT2D eigenvalue weighted by atomic mass is 79.9. The van der Waals surface area contributed by atoms with Gasteiger partial charge in [-0.25, -0.2) is 0 Å². The van der Waals surface area contributed by atoms with Crippen molar-refractivity contribution in [3.05, 3.63) is 28.7 Å². The Labute approximate surface area is 118 Å². The maximum absolute atomic E-state index is 5.77. The summed E-state index contributed by atoms with van der Waals surface area (Å²) in [4.78, 5) is 2.45. The van der Waals surface area contributed by atoms with Gasteiger partial charge in [0.05, 0.1) is 0 Å². The second kappa shape index (κ2) is 6.04. The minimum absolute atomic E-state index is 0.216. The molecule has 18 heavy (non-hydrogen) atoms. The standard InChI is InChI=1S/C14H21BrN2O/c1-14(2)11-17(7-6-16-14)8-9-18-13-5-3-4-12(15)10-13/h3-5,10,16H,6-9,11H2,1-2H3. The van der Waals surface area contributed by atoms with Crippen molar-refractivity contribution in [2.45, 2.75) is 19.4 Å². The molecule has 1 fully saturated rings. The van der Waals surface area contributed by atoms with E-state index in [2.05, 4.69) is 40.0 Å². The normalized spacial score (nSPS) is 19.7. The Hall–Kier alpha value is -0.580. The van der Waals surface area contributed by atoms with Crippen molar-refractivity contribution < 1.29 is 4.74 Å². The Morgan fingerprint density at radius 2 is 2.28 bits per heavy atom. The van der Waals surface area contributed by atoms with Gasteiger partial charge in [0.15, 0.2) is 0 Å². The second-order valence-corrected chi connectivity index (χ2v) is 6.31. The van der Waals surface area contributed by atoms with Crippen LogP contribution in [0.15, 0.2) is 28.7 Å². The Morgan fingerprint density at radius 3 is 3.00 bits per heavy atom. The van der Waals surface area contributed by atoms with E-state index >= 15 is 0 Å². The van der Waals surface area contributed by atoms with Crippen LogP contribution in [0.1, 0.15) is 13.8 Å². The molecule has 100 valence electrons. The molecule has 1 aliphatic rings. The first-order valence-corrected chi connectivity index (χ1v) is 7.20. The molecule has 0 aliphatic carbocycles. The smallest absolute Gasteiger partial charge is 0.120 e. The fourth-order valence-corrected chi connectivity index (χ4v) is 2.66. The summed E-state index contributed by atoms with van der Waals surface area (Å²) in [6, 6.07) is 7.99. The summed E-state index contributed by atoms with van der Waals surface area (Å²) in [6.07, 6.45) is 0. The summed E-state index contributed by atoms with van der Waals surface area (Å²) >= 11 is 3.45.